The Bertz CT molecular complexity index is 1430. The van der Waals surface area contributed by atoms with Gasteiger partial charge in [-0.15, -0.1) is 0 Å². The first-order valence-corrected chi connectivity index (χ1v) is 10.8. The minimum atomic E-state index is -0.399. The predicted molar refractivity (Wildman–Crippen MR) is 126 cm³/mol. The first-order valence-electron chi connectivity index (χ1n) is 10.8. The molecule has 6 heteroatoms. The van der Waals surface area contributed by atoms with Crippen molar-refractivity contribution in [2.75, 3.05) is 7.05 Å². The van der Waals surface area contributed by atoms with Crippen LogP contribution in [0.3, 0.4) is 0 Å². The van der Waals surface area contributed by atoms with Crippen LogP contribution >= 0.6 is 0 Å². The van der Waals surface area contributed by atoms with Gasteiger partial charge >= 0.3 is 0 Å². The van der Waals surface area contributed by atoms with Gasteiger partial charge in [0.15, 0.2) is 0 Å². The molecule has 0 fully saturated rings. The van der Waals surface area contributed by atoms with Gasteiger partial charge in [0.1, 0.15) is 5.82 Å². The van der Waals surface area contributed by atoms with E-state index in [1.165, 1.54) is 0 Å². The molecule has 1 aliphatic heterocycles. The molecular weight excluding hydrogens is 400 g/mol. The molecule has 162 valence electrons. The van der Waals surface area contributed by atoms with Gasteiger partial charge in [-0.2, -0.15) is 0 Å². The molecule has 1 atom stereocenters. The van der Waals surface area contributed by atoms with Crippen molar-refractivity contribution >= 4 is 16.9 Å². The third kappa shape index (κ3) is 2.83. The summed E-state index contributed by atoms with van der Waals surface area (Å²) >= 11 is 0. The molecule has 4 aromatic rings. The van der Waals surface area contributed by atoms with Crippen LogP contribution in [0.15, 0.2) is 59.5 Å². The minimum Gasteiger partial charge on any atom is -0.332 e. The summed E-state index contributed by atoms with van der Waals surface area (Å²) in [6.45, 7) is 8.03. The number of nitrogens with zero attached hydrogens (tertiary/aromatic N) is 3. The number of hydrogen-bond acceptors (Lipinski definition) is 3. The average Bonchev–Trinajstić information content (AvgIpc) is 3.24. The molecule has 6 nitrogen and oxygen atoms in total. The zero-order valence-corrected chi connectivity index (χ0v) is 18.9. The summed E-state index contributed by atoms with van der Waals surface area (Å²) in [4.78, 5) is 34.6. The second-order valence-corrected chi connectivity index (χ2v) is 9.10. The molecule has 3 heterocycles. The van der Waals surface area contributed by atoms with Crippen LogP contribution in [0.2, 0.25) is 0 Å². The maximum atomic E-state index is 13.0. The monoisotopic (exact) mass is 426 g/mol. The van der Waals surface area contributed by atoms with Crippen molar-refractivity contribution < 1.29 is 4.79 Å². The zero-order valence-electron chi connectivity index (χ0n) is 18.9. The van der Waals surface area contributed by atoms with Gasteiger partial charge in [0.25, 0.3) is 11.5 Å². The number of carbonyl (C=O) groups is 1. The Morgan fingerprint density at radius 3 is 2.47 bits per heavy atom. The quantitative estimate of drug-likeness (QED) is 0.519. The molecule has 2 aromatic carbocycles. The molecule has 0 spiro atoms. The van der Waals surface area contributed by atoms with E-state index in [1.807, 2.05) is 43.4 Å². The fraction of sp³-hybridized carbons (Fsp3) is 0.269. The van der Waals surface area contributed by atoms with Gasteiger partial charge in [0, 0.05) is 29.9 Å². The SMILES string of the molecule is Cc1cc(-c2nc3cc4c(cc3n2[C@@H](C)c2ccccc2)C(=O)N(C)C4(C)C)c[nH]c1=O. The van der Waals surface area contributed by atoms with E-state index in [4.69, 9.17) is 4.98 Å². The van der Waals surface area contributed by atoms with Crippen LogP contribution < -0.4 is 5.56 Å². The van der Waals surface area contributed by atoms with E-state index in [9.17, 15) is 9.59 Å². The first kappa shape index (κ1) is 20.2. The fourth-order valence-corrected chi connectivity index (χ4v) is 4.64. The van der Waals surface area contributed by atoms with E-state index in [-0.39, 0.29) is 17.5 Å². The standard InChI is InChI=1S/C26H26N4O2/c1-15-11-18(14-27-24(15)31)23-28-21-13-20-19(25(32)29(5)26(20,3)4)12-22(21)30(23)16(2)17-9-7-6-8-10-17/h6-14,16H,1-5H3,(H,27,31)/t16-/m0/s1. The Hall–Kier alpha value is -3.67. The number of carbonyl (C=O) groups excluding carboxylic acids is 1. The molecule has 0 saturated heterocycles. The number of nitrogens with one attached hydrogen (secondary N) is 1. The van der Waals surface area contributed by atoms with Gasteiger partial charge in [-0.25, -0.2) is 4.98 Å². The molecule has 0 bridgehead atoms. The van der Waals surface area contributed by atoms with Gasteiger partial charge < -0.3 is 14.5 Å². The minimum absolute atomic E-state index is 0.0217. The van der Waals surface area contributed by atoms with E-state index in [2.05, 4.69) is 42.5 Å². The van der Waals surface area contributed by atoms with Crippen molar-refractivity contribution in [2.24, 2.45) is 0 Å². The fourth-order valence-electron chi connectivity index (χ4n) is 4.64. The number of aromatic nitrogens is 3. The normalized spacial score (nSPS) is 15.9. The van der Waals surface area contributed by atoms with E-state index in [1.54, 1.807) is 18.0 Å². The lowest BCUT2D eigenvalue weighted by Gasteiger charge is -2.28. The number of amides is 1. The van der Waals surface area contributed by atoms with E-state index < -0.39 is 5.54 Å². The first-order chi connectivity index (χ1) is 15.2. The highest BCUT2D eigenvalue weighted by Crippen LogP contribution is 2.41. The number of pyridine rings is 1. The number of rotatable bonds is 3. The molecule has 1 amide bonds. The van der Waals surface area contributed by atoms with Gasteiger partial charge in [0.2, 0.25) is 0 Å². The highest BCUT2D eigenvalue weighted by Gasteiger charge is 2.41. The number of benzene rings is 2. The van der Waals surface area contributed by atoms with Gasteiger partial charge in [-0.1, -0.05) is 30.3 Å². The Balaban J connectivity index is 1.82. The van der Waals surface area contributed by atoms with Crippen molar-refractivity contribution in [1.29, 1.82) is 0 Å². The van der Waals surface area contributed by atoms with Gasteiger partial charge in [-0.3, -0.25) is 9.59 Å². The zero-order chi connectivity index (χ0) is 22.8. The second-order valence-electron chi connectivity index (χ2n) is 9.10. The van der Waals surface area contributed by atoms with E-state index in [0.29, 0.717) is 5.56 Å². The van der Waals surface area contributed by atoms with E-state index in [0.717, 1.165) is 39.1 Å². The maximum absolute atomic E-state index is 13.0. The summed E-state index contributed by atoms with van der Waals surface area (Å²) in [6.07, 6.45) is 1.71. The number of imidazole rings is 1. The molecule has 0 unspecified atom stereocenters. The topological polar surface area (TPSA) is 71.0 Å². The molecule has 2 aromatic heterocycles. The summed E-state index contributed by atoms with van der Waals surface area (Å²) in [7, 11) is 1.84. The molecule has 5 rings (SSSR count). The Labute approximate surface area is 186 Å². The second kappa shape index (κ2) is 6.92. The highest BCUT2D eigenvalue weighted by atomic mass is 16.2. The van der Waals surface area contributed by atoms with Crippen LogP contribution in [-0.4, -0.2) is 32.4 Å². The number of aryl methyl sites for hydroxylation is 1. The average molecular weight is 427 g/mol. The summed E-state index contributed by atoms with van der Waals surface area (Å²) in [5, 5.41) is 0. The summed E-state index contributed by atoms with van der Waals surface area (Å²) in [5.41, 5.74) is 5.54. The number of fused-ring (bicyclic) bond motifs is 2. The molecule has 32 heavy (non-hydrogen) atoms. The van der Waals surface area contributed by atoms with Crippen LogP contribution in [0, 0.1) is 6.92 Å². The molecular formula is C26H26N4O2. The molecule has 0 saturated carbocycles. The van der Waals surface area contributed by atoms with Crippen molar-refractivity contribution in [1.82, 2.24) is 19.4 Å². The van der Waals surface area contributed by atoms with Gasteiger partial charge in [0.05, 0.1) is 22.6 Å². The van der Waals surface area contributed by atoms with Crippen molar-refractivity contribution in [3.8, 4) is 11.4 Å². The molecule has 1 N–H and O–H groups in total. The van der Waals surface area contributed by atoms with Crippen LogP contribution in [0.25, 0.3) is 22.4 Å². The molecule has 1 aliphatic rings. The van der Waals surface area contributed by atoms with Gasteiger partial charge in [-0.05, 0) is 57.0 Å². The summed E-state index contributed by atoms with van der Waals surface area (Å²) in [6, 6.07) is 16.1. The molecule has 0 aliphatic carbocycles. The third-order valence-electron chi connectivity index (χ3n) is 6.88. The Kier molecular flexibility index (Phi) is 4.38. The van der Waals surface area contributed by atoms with Crippen LogP contribution in [0.4, 0.5) is 0 Å². The highest BCUT2D eigenvalue weighted by molar-refractivity contribution is 6.03. The third-order valence-corrected chi connectivity index (χ3v) is 6.88. The lowest BCUT2D eigenvalue weighted by atomic mass is 9.93. The maximum Gasteiger partial charge on any atom is 0.254 e. The molecule has 0 radical (unpaired) electrons. The Morgan fingerprint density at radius 1 is 1.06 bits per heavy atom. The summed E-state index contributed by atoms with van der Waals surface area (Å²) in [5.74, 6) is 0.784. The van der Waals surface area contributed by atoms with Crippen LogP contribution in [0.1, 0.15) is 53.9 Å². The number of aromatic amines is 1. The Morgan fingerprint density at radius 2 is 1.78 bits per heavy atom. The van der Waals surface area contributed by atoms with E-state index >= 15 is 0 Å². The smallest absolute Gasteiger partial charge is 0.254 e. The van der Waals surface area contributed by atoms with Crippen molar-refractivity contribution in [3.05, 3.63) is 87.3 Å². The van der Waals surface area contributed by atoms with Crippen LogP contribution in [-0.2, 0) is 5.54 Å². The van der Waals surface area contributed by atoms with Crippen LogP contribution in [0.5, 0.6) is 0 Å². The van der Waals surface area contributed by atoms with Crippen molar-refractivity contribution in [3.63, 3.8) is 0 Å². The number of hydrogen-bond donors (Lipinski definition) is 1. The lowest BCUT2D eigenvalue weighted by Crippen LogP contribution is -2.35. The summed E-state index contributed by atoms with van der Waals surface area (Å²) < 4.78 is 2.16. The number of H-pyrrole nitrogens is 1. The predicted octanol–water partition coefficient (Wildman–Crippen LogP) is 4.63. The van der Waals surface area contributed by atoms with Crippen molar-refractivity contribution in [2.45, 2.75) is 39.3 Å². The lowest BCUT2D eigenvalue weighted by molar-refractivity contribution is 0.0691. The largest absolute Gasteiger partial charge is 0.332 e.